The molecule has 1 N–H and O–H groups in total. The minimum Gasteiger partial charge on any atom is -0.324 e. The van der Waals surface area contributed by atoms with Crippen LogP contribution in [0.5, 0.6) is 0 Å². The molecular formula is C19H17ClFN3OS. The molecule has 2 heterocycles. The Bertz CT molecular complexity index is 928. The Morgan fingerprint density at radius 1 is 1.35 bits per heavy atom. The van der Waals surface area contributed by atoms with Crippen LogP contribution in [0.2, 0.25) is 5.02 Å². The zero-order valence-electron chi connectivity index (χ0n) is 13.9. The molecule has 0 unspecified atom stereocenters. The van der Waals surface area contributed by atoms with Crippen molar-refractivity contribution in [2.45, 2.75) is 18.9 Å². The zero-order valence-corrected chi connectivity index (χ0v) is 15.5. The van der Waals surface area contributed by atoms with Gasteiger partial charge >= 0.3 is 0 Å². The number of carbonyl (C=O) groups excluding carboxylic acids is 1. The van der Waals surface area contributed by atoms with Crippen molar-refractivity contribution >= 4 is 44.7 Å². The van der Waals surface area contributed by atoms with Crippen LogP contribution in [0, 0.1) is 5.82 Å². The summed E-state index contributed by atoms with van der Waals surface area (Å²) in [5.41, 5.74) is 1.43. The summed E-state index contributed by atoms with van der Waals surface area (Å²) in [7, 11) is 0. The number of halogens is 2. The minimum atomic E-state index is -0.427. The second kappa shape index (κ2) is 7.31. The number of thiazole rings is 1. The summed E-state index contributed by atoms with van der Waals surface area (Å²) >= 11 is 7.67. The lowest BCUT2D eigenvalue weighted by atomic mass is 10.2. The van der Waals surface area contributed by atoms with Crippen LogP contribution in [0.25, 0.3) is 10.2 Å². The topological polar surface area (TPSA) is 45.2 Å². The van der Waals surface area contributed by atoms with Crippen molar-refractivity contribution in [3.8, 4) is 0 Å². The molecule has 7 heteroatoms. The molecule has 1 fully saturated rings. The highest BCUT2D eigenvalue weighted by Crippen LogP contribution is 2.36. The standard InChI is InChI=1S/C19H17ClFN3OS/c20-13-10-12(21)7-8-14(13)22-18(25)11-24-9-3-5-16(24)19-23-15-4-1-2-6-17(15)26-19/h1-2,4,6-8,10,16H,3,5,9,11H2,(H,22,25)/t16-/m0/s1. The smallest absolute Gasteiger partial charge is 0.238 e. The second-order valence-corrected chi connectivity index (χ2v) is 7.79. The monoisotopic (exact) mass is 389 g/mol. The number of para-hydroxylation sites is 1. The van der Waals surface area contributed by atoms with Crippen molar-refractivity contribution in [2.75, 3.05) is 18.4 Å². The number of hydrogen-bond donors (Lipinski definition) is 1. The maximum absolute atomic E-state index is 13.1. The van der Waals surface area contributed by atoms with Crippen molar-refractivity contribution in [2.24, 2.45) is 0 Å². The Balaban J connectivity index is 1.47. The summed E-state index contributed by atoms with van der Waals surface area (Å²) in [6, 6.07) is 12.2. The van der Waals surface area contributed by atoms with Crippen LogP contribution >= 0.6 is 22.9 Å². The van der Waals surface area contributed by atoms with Gasteiger partial charge < -0.3 is 5.32 Å². The molecule has 0 bridgehead atoms. The third kappa shape index (κ3) is 3.58. The molecule has 4 nitrogen and oxygen atoms in total. The number of amides is 1. The van der Waals surface area contributed by atoms with Gasteiger partial charge in [-0.1, -0.05) is 23.7 Å². The van der Waals surface area contributed by atoms with Gasteiger partial charge in [-0.3, -0.25) is 9.69 Å². The number of carbonyl (C=O) groups is 1. The Labute approximate surface area is 159 Å². The molecule has 1 aromatic heterocycles. The first-order valence-corrected chi connectivity index (χ1v) is 9.64. The van der Waals surface area contributed by atoms with Gasteiger partial charge in [0.1, 0.15) is 10.8 Å². The predicted molar refractivity (Wildman–Crippen MR) is 103 cm³/mol. The van der Waals surface area contributed by atoms with Gasteiger partial charge in [-0.25, -0.2) is 9.37 Å². The summed E-state index contributed by atoms with van der Waals surface area (Å²) in [6.45, 7) is 1.11. The number of fused-ring (bicyclic) bond motifs is 1. The minimum absolute atomic E-state index is 0.154. The maximum Gasteiger partial charge on any atom is 0.238 e. The van der Waals surface area contributed by atoms with Crippen molar-refractivity contribution < 1.29 is 9.18 Å². The molecule has 0 aliphatic carbocycles. The Hall–Kier alpha value is -2.02. The van der Waals surface area contributed by atoms with E-state index in [2.05, 4.69) is 16.3 Å². The second-order valence-electron chi connectivity index (χ2n) is 6.32. The number of likely N-dealkylation sites (tertiary alicyclic amines) is 1. The molecule has 26 heavy (non-hydrogen) atoms. The Morgan fingerprint density at radius 3 is 3.00 bits per heavy atom. The summed E-state index contributed by atoms with van der Waals surface area (Å²) in [5.74, 6) is -0.588. The molecule has 1 amide bonds. The van der Waals surface area contributed by atoms with Crippen molar-refractivity contribution in [1.29, 1.82) is 0 Å². The number of anilines is 1. The van der Waals surface area contributed by atoms with Crippen LogP contribution in [0.1, 0.15) is 23.9 Å². The van der Waals surface area contributed by atoms with Crippen LogP contribution in [0.4, 0.5) is 10.1 Å². The van der Waals surface area contributed by atoms with E-state index < -0.39 is 5.82 Å². The van der Waals surface area contributed by atoms with Crippen LogP contribution in [-0.4, -0.2) is 28.9 Å². The van der Waals surface area contributed by atoms with Gasteiger partial charge in [-0.2, -0.15) is 0 Å². The molecule has 1 aliphatic rings. The lowest BCUT2D eigenvalue weighted by Crippen LogP contribution is -2.33. The average Bonchev–Trinajstić information content (AvgIpc) is 3.23. The summed E-state index contributed by atoms with van der Waals surface area (Å²) in [4.78, 5) is 19.3. The van der Waals surface area contributed by atoms with Gasteiger partial charge in [-0.15, -0.1) is 11.3 Å². The summed E-state index contributed by atoms with van der Waals surface area (Å²) in [5, 5.41) is 4.02. The third-order valence-electron chi connectivity index (χ3n) is 4.51. The van der Waals surface area contributed by atoms with E-state index in [0.29, 0.717) is 5.69 Å². The fourth-order valence-electron chi connectivity index (χ4n) is 3.29. The van der Waals surface area contributed by atoms with E-state index in [-0.39, 0.29) is 23.5 Å². The van der Waals surface area contributed by atoms with Crippen molar-refractivity contribution in [3.05, 3.63) is 58.3 Å². The first-order valence-electron chi connectivity index (χ1n) is 8.44. The molecule has 134 valence electrons. The molecule has 1 saturated heterocycles. The highest BCUT2D eigenvalue weighted by molar-refractivity contribution is 7.18. The zero-order chi connectivity index (χ0) is 18.1. The molecular weight excluding hydrogens is 373 g/mol. The lowest BCUT2D eigenvalue weighted by Gasteiger charge is -2.22. The normalized spacial score (nSPS) is 17.7. The predicted octanol–water partition coefficient (Wildman–Crippen LogP) is 4.86. The summed E-state index contributed by atoms with van der Waals surface area (Å²) < 4.78 is 14.3. The number of hydrogen-bond acceptors (Lipinski definition) is 4. The van der Waals surface area contributed by atoms with Gasteiger partial charge in [0.2, 0.25) is 5.91 Å². The highest BCUT2D eigenvalue weighted by Gasteiger charge is 2.30. The number of benzene rings is 2. The number of rotatable bonds is 4. The van der Waals surface area contributed by atoms with E-state index >= 15 is 0 Å². The van der Waals surface area contributed by atoms with Gasteiger partial charge in [0.15, 0.2) is 0 Å². The van der Waals surface area contributed by atoms with Crippen molar-refractivity contribution in [3.63, 3.8) is 0 Å². The molecule has 0 saturated carbocycles. The van der Waals surface area contributed by atoms with Crippen LogP contribution in [0.15, 0.2) is 42.5 Å². The van der Waals surface area contributed by atoms with Gasteiger partial charge in [0.25, 0.3) is 0 Å². The molecule has 1 atom stereocenters. The maximum atomic E-state index is 13.1. The Kier molecular flexibility index (Phi) is 4.89. The molecule has 4 rings (SSSR count). The lowest BCUT2D eigenvalue weighted by molar-refractivity contribution is -0.117. The van der Waals surface area contributed by atoms with E-state index in [1.165, 1.54) is 18.2 Å². The largest absolute Gasteiger partial charge is 0.324 e. The first-order chi connectivity index (χ1) is 12.6. The Morgan fingerprint density at radius 2 is 2.19 bits per heavy atom. The van der Waals surface area contributed by atoms with E-state index in [4.69, 9.17) is 16.6 Å². The van der Waals surface area contributed by atoms with E-state index in [0.717, 1.165) is 34.6 Å². The van der Waals surface area contributed by atoms with Gasteiger partial charge in [0, 0.05) is 0 Å². The first kappa shape index (κ1) is 17.4. The third-order valence-corrected chi connectivity index (χ3v) is 5.96. The van der Waals surface area contributed by atoms with E-state index in [1.807, 2.05) is 18.2 Å². The highest BCUT2D eigenvalue weighted by atomic mass is 35.5. The van der Waals surface area contributed by atoms with Crippen LogP contribution in [0.3, 0.4) is 0 Å². The number of nitrogens with one attached hydrogen (secondary N) is 1. The van der Waals surface area contributed by atoms with E-state index in [1.54, 1.807) is 11.3 Å². The quantitative estimate of drug-likeness (QED) is 0.692. The summed E-state index contributed by atoms with van der Waals surface area (Å²) in [6.07, 6.45) is 2.02. The number of nitrogens with zero attached hydrogens (tertiary/aromatic N) is 2. The molecule has 1 aliphatic heterocycles. The number of aromatic nitrogens is 1. The molecule has 0 spiro atoms. The average molecular weight is 390 g/mol. The van der Waals surface area contributed by atoms with Crippen LogP contribution < -0.4 is 5.32 Å². The van der Waals surface area contributed by atoms with E-state index in [9.17, 15) is 9.18 Å². The molecule has 2 aromatic carbocycles. The molecule has 3 aromatic rings. The van der Waals surface area contributed by atoms with Gasteiger partial charge in [-0.05, 0) is 49.7 Å². The van der Waals surface area contributed by atoms with Crippen LogP contribution in [-0.2, 0) is 4.79 Å². The molecule has 0 radical (unpaired) electrons. The van der Waals surface area contributed by atoms with Gasteiger partial charge in [0.05, 0.1) is 33.5 Å². The SMILES string of the molecule is O=C(CN1CCC[C@H]1c1nc2ccccc2s1)Nc1ccc(F)cc1Cl. The fourth-order valence-corrected chi connectivity index (χ4v) is 4.64. The fraction of sp³-hybridized carbons (Fsp3) is 0.263. The van der Waals surface area contributed by atoms with Crippen molar-refractivity contribution in [1.82, 2.24) is 9.88 Å².